The summed E-state index contributed by atoms with van der Waals surface area (Å²) in [6, 6.07) is -0.873. The Morgan fingerprint density at radius 2 is 1.83 bits per heavy atom. The van der Waals surface area contributed by atoms with Crippen LogP contribution in [0.15, 0.2) is 0 Å². The molecule has 0 radical (unpaired) electrons. The normalized spacial score (nSPS) is 25.5. The molecule has 104 valence electrons. The highest BCUT2D eigenvalue weighted by Crippen LogP contribution is 2.59. The Hall–Kier alpha value is -0.980. The zero-order chi connectivity index (χ0) is 12.8. The molecule has 0 aromatic heterocycles. The minimum atomic E-state index is -4.53. The molecule has 1 saturated carbocycles. The van der Waals surface area contributed by atoms with Gasteiger partial charge in [-0.15, -0.1) is 12.4 Å². The van der Waals surface area contributed by atoms with E-state index in [2.05, 4.69) is 0 Å². The van der Waals surface area contributed by atoms with Gasteiger partial charge in [-0.1, -0.05) is 0 Å². The van der Waals surface area contributed by atoms with Gasteiger partial charge in [-0.2, -0.15) is 13.2 Å². The summed E-state index contributed by atoms with van der Waals surface area (Å²) in [6.45, 7) is 0.185. The van der Waals surface area contributed by atoms with Crippen LogP contribution in [0.4, 0.5) is 13.2 Å². The van der Waals surface area contributed by atoms with Crippen LogP contribution in [0.5, 0.6) is 0 Å². The number of rotatable bonds is 2. The number of amides is 2. The number of nitrogens with two attached hydrogens (primary N) is 1. The Morgan fingerprint density at radius 1 is 1.28 bits per heavy atom. The molecule has 4 nitrogen and oxygen atoms in total. The Bertz CT molecular complexity index is 369. The molecule has 1 aliphatic heterocycles. The topological polar surface area (TPSA) is 63.4 Å². The van der Waals surface area contributed by atoms with Crippen molar-refractivity contribution in [3.63, 3.8) is 0 Å². The number of primary amides is 1. The third-order valence-corrected chi connectivity index (χ3v) is 3.54. The van der Waals surface area contributed by atoms with Crippen molar-refractivity contribution >= 4 is 24.2 Å². The second-order valence-corrected chi connectivity index (χ2v) is 4.64. The van der Waals surface area contributed by atoms with Gasteiger partial charge in [-0.3, -0.25) is 9.59 Å². The number of halogens is 4. The molecule has 2 amide bonds. The quantitative estimate of drug-likeness (QED) is 0.830. The van der Waals surface area contributed by atoms with Crippen molar-refractivity contribution in [2.45, 2.75) is 37.9 Å². The summed E-state index contributed by atoms with van der Waals surface area (Å²) in [7, 11) is 0. The van der Waals surface area contributed by atoms with Crippen molar-refractivity contribution in [1.29, 1.82) is 0 Å². The molecule has 0 spiro atoms. The van der Waals surface area contributed by atoms with Gasteiger partial charge in [0, 0.05) is 6.54 Å². The fourth-order valence-electron chi connectivity index (χ4n) is 2.32. The molecule has 1 heterocycles. The molecule has 8 heteroatoms. The van der Waals surface area contributed by atoms with Crippen LogP contribution >= 0.6 is 12.4 Å². The first-order valence-corrected chi connectivity index (χ1v) is 5.47. The molecule has 0 aromatic rings. The van der Waals surface area contributed by atoms with E-state index in [1.165, 1.54) is 0 Å². The lowest BCUT2D eigenvalue weighted by Crippen LogP contribution is -2.50. The predicted octanol–water partition coefficient (Wildman–Crippen LogP) is 1.23. The molecule has 1 atom stereocenters. The summed E-state index contributed by atoms with van der Waals surface area (Å²) in [5.41, 5.74) is 2.84. The number of alkyl halides is 3. The van der Waals surface area contributed by atoms with Crippen molar-refractivity contribution in [2.75, 3.05) is 6.54 Å². The number of carbonyl (C=O) groups is 2. The lowest BCUT2D eigenvalue weighted by Gasteiger charge is -2.28. The highest BCUT2D eigenvalue weighted by Gasteiger charge is 2.70. The Labute approximate surface area is 108 Å². The largest absolute Gasteiger partial charge is 0.403 e. The lowest BCUT2D eigenvalue weighted by molar-refractivity contribution is -0.199. The van der Waals surface area contributed by atoms with Crippen LogP contribution in [0.3, 0.4) is 0 Å². The number of nitrogens with zero attached hydrogens (tertiary/aromatic N) is 1. The number of likely N-dealkylation sites (tertiary alicyclic amines) is 1. The molecule has 0 unspecified atom stereocenters. The summed E-state index contributed by atoms with van der Waals surface area (Å²) in [5.74, 6) is -1.71. The maximum Gasteiger partial charge on any atom is 0.403 e. The van der Waals surface area contributed by atoms with Crippen LogP contribution in [-0.2, 0) is 9.59 Å². The van der Waals surface area contributed by atoms with E-state index in [1.54, 1.807) is 0 Å². The fourth-order valence-corrected chi connectivity index (χ4v) is 2.32. The highest BCUT2D eigenvalue weighted by atomic mass is 35.5. The zero-order valence-electron chi connectivity index (χ0n) is 9.50. The molecule has 2 fully saturated rings. The number of hydrogen-bond acceptors (Lipinski definition) is 2. The summed E-state index contributed by atoms with van der Waals surface area (Å²) < 4.78 is 38.3. The molecule has 1 saturated heterocycles. The van der Waals surface area contributed by atoms with Gasteiger partial charge in [0.1, 0.15) is 11.5 Å². The van der Waals surface area contributed by atoms with Gasteiger partial charge in [-0.05, 0) is 25.7 Å². The maximum atomic E-state index is 12.8. The van der Waals surface area contributed by atoms with E-state index < -0.39 is 29.4 Å². The van der Waals surface area contributed by atoms with Crippen molar-refractivity contribution in [3.05, 3.63) is 0 Å². The molecular weight excluding hydrogens is 273 g/mol. The molecule has 18 heavy (non-hydrogen) atoms. The van der Waals surface area contributed by atoms with Gasteiger partial charge in [0.15, 0.2) is 0 Å². The third-order valence-electron chi connectivity index (χ3n) is 3.54. The molecule has 1 aliphatic carbocycles. The first-order chi connectivity index (χ1) is 7.79. The molecular formula is C10H14ClF3N2O2. The minimum Gasteiger partial charge on any atom is -0.368 e. The highest BCUT2D eigenvalue weighted by molar-refractivity contribution is 5.92. The Balaban J connectivity index is 0.00000162. The molecule has 2 rings (SSSR count). The van der Waals surface area contributed by atoms with E-state index in [1.807, 2.05) is 0 Å². The van der Waals surface area contributed by atoms with Crippen molar-refractivity contribution < 1.29 is 22.8 Å². The Kier molecular flexibility index (Phi) is 3.86. The molecule has 0 aromatic carbocycles. The average Bonchev–Trinajstić information content (AvgIpc) is 2.87. The monoisotopic (exact) mass is 286 g/mol. The summed E-state index contributed by atoms with van der Waals surface area (Å²) in [6.07, 6.45) is -4.02. The van der Waals surface area contributed by atoms with E-state index in [0.29, 0.717) is 12.8 Å². The second-order valence-electron chi connectivity index (χ2n) is 4.64. The average molecular weight is 287 g/mol. The van der Waals surface area contributed by atoms with Crippen molar-refractivity contribution in [3.8, 4) is 0 Å². The second kappa shape index (κ2) is 4.60. The van der Waals surface area contributed by atoms with Gasteiger partial charge < -0.3 is 10.6 Å². The van der Waals surface area contributed by atoms with E-state index in [9.17, 15) is 22.8 Å². The van der Waals surface area contributed by atoms with Gasteiger partial charge in [0.2, 0.25) is 11.8 Å². The summed E-state index contributed by atoms with van der Waals surface area (Å²) in [5, 5.41) is 0. The van der Waals surface area contributed by atoms with Crippen LogP contribution in [0, 0.1) is 5.41 Å². The zero-order valence-corrected chi connectivity index (χ0v) is 10.3. The van der Waals surface area contributed by atoms with Crippen LogP contribution in [-0.4, -0.2) is 35.5 Å². The predicted molar refractivity (Wildman–Crippen MR) is 58.9 cm³/mol. The SMILES string of the molecule is Cl.NC(=O)[C@@H]1CCCN1C(=O)C1(C(F)(F)F)CC1. The first-order valence-electron chi connectivity index (χ1n) is 5.47. The summed E-state index contributed by atoms with van der Waals surface area (Å²) in [4.78, 5) is 24.0. The van der Waals surface area contributed by atoms with Crippen LogP contribution in [0.1, 0.15) is 25.7 Å². The summed E-state index contributed by atoms with van der Waals surface area (Å²) >= 11 is 0. The Morgan fingerprint density at radius 3 is 2.22 bits per heavy atom. The minimum absolute atomic E-state index is 0. The molecule has 0 bridgehead atoms. The standard InChI is InChI=1S/C10H13F3N2O2.ClH/c11-10(12,13)9(3-4-9)8(17)15-5-1-2-6(15)7(14)16;/h6H,1-5H2,(H2,14,16);1H/t6-;/m0./s1. The maximum absolute atomic E-state index is 12.8. The number of hydrogen-bond donors (Lipinski definition) is 1. The van der Waals surface area contributed by atoms with E-state index in [-0.39, 0.29) is 31.8 Å². The molecule has 2 N–H and O–H groups in total. The smallest absolute Gasteiger partial charge is 0.368 e. The van der Waals surface area contributed by atoms with E-state index in [0.717, 1.165) is 4.90 Å². The van der Waals surface area contributed by atoms with Gasteiger partial charge in [0.05, 0.1) is 0 Å². The van der Waals surface area contributed by atoms with Gasteiger partial charge >= 0.3 is 6.18 Å². The van der Waals surface area contributed by atoms with Gasteiger partial charge in [0.25, 0.3) is 0 Å². The van der Waals surface area contributed by atoms with Crippen molar-refractivity contribution in [2.24, 2.45) is 11.1 Å². The van der Waals surface area contributed by atoms with Crippen LogP contribution in [0.25, 0.3) is 0 Å². The van der Waals surface area contributed by atoms with E-state index in [4.69, 9.17) is 5.73 Å². The van der Waals surface area contributed by atoms with Gasteiger partial charge in [-0.25, -0.2) is 0 Å². The number of carbonyl (C=O) groups excluding carboxylic acids is 2. The first kappa shape index (κ1) is 15.1. The van der Waals surface area contributed by atoms with Crippen molar-refractivity contribution in [1.82, 2.24) is 4.90 Å². The molecule has 2 aliphatic rings. The third kappa shape index (κ3) is 2.15. The van der Waals surface area contributed by atoms with Crippen LogP contribution in [0.2, 0.25) is 0 Å². The van der Waals surface area contributed by atoms with Crippen LogP contribution < -0.4 is 5.73 Å². The van der Waals surface area contributed by atoms with E-state index >= 15 is 0 Å². The fraction of sp³-hybridized carbons (Fsp3) is 0.800. The lowest BCUT2D eigenvalue weighted by atomic mass is 10.0.